The first kappa shape index (κ1) is 18.4. The van der Waals surface area contributed by atoms with Gasteiger partial charge >= 0.3 is 0 Å². The Bertz CT molecular complexity index is 700. The van der Waals surface area contributed by atoms with Gasteiger partial charge in [-0.25, -0.2) is 0 Å². The van der Waals surface area contributed by atoms with Crippen LogP contribution in [0.25, 0.3) is 0 Å². The van der Waals surface area contributed by atoms with Gasteiger partial charge in [0.1, 0.15) is 12.2 Å². The number of nitrogens with one attached hydrogen (secondary N) is 2. The first-order valence-electron chi connectivity index (χ1n) is 9.64. The molecule has 1 fully saturated rings. The van der Waals surface area contributed by atoms with Gasteiger partial charge < -0.3 is 15.2 Å². The van der Waals surface area contributed by atoms with Crippen LogP contribution < -0.4 is 10.6 Å². The van der Waals surface area contributed by atoms with Gasteiger partial charge in [0.2, 0.25) is 0 Å². The first-order chi connectivity index (χ1) is 12.8. The Morgan fingerprint density at radius 3 is 2.65 bits per heavy atom. The van der Waals surface area contributed by atoms with E-state index in [1.165, 1.54) is 31.2 Å². The number of aryl methyl sites for hydroxylation is 1. The summed E-state index contributed by atoms with van der Waals surface area (Å²) in [5.41, 5.74) is 1.67. The number of guanidine groups is 1. The highest BCUT2D eigenvalue weighted by molar-refractivity contribution is 5.79. The maximum absolute atomic E-state index is 4.39. The zero-order chi connectivity index (χ0) is 18.2. The Labute approximate surface area is 156 Å². The summed E-state index contributed by atoms with van der Waals surface area (Å²) in [6.45, 7) is 4.65. The summed E-state index contributed by atoms with van der Waals surface area (Å²) in [7, 11) is 1.83. The molecule has 1 aromatic carbocycles. The highest BCUT2D eigenvalue weighted by Crippen LogP contribution is 2.40. The van der Waals surface area contributed by atoms with E-state index in [2.05, 4.69) is 67.6 Å². The van der Waals surface area contributed by atoms with Crippen LogP contribution in [-0.2, 0) is 18.4 Å². The van der Waals surface area contributed by atoms with Crippen molar-refractivity contribution in [3.8, 4) is 0 Å². The molecule has 0 unspecified atom stereocenters. The van der Waals surface area contributed by atoms with E-state index in [0.717, 1.165) is 37.8 Å². The minimum Gasteiger partial charge on any atom is -0.356 e. The van der Waals surface area contributed by atoms with E-state index in [1.807, 2.05) is 7.05 Å². The fraction of sp³-hybridized carbons (Fsp3) is 0.550. The Morgan fingerprint density at radius 1 is 1.19 bits per heavy atom. The maximum atomic E-state index is 4.39. The molecule has 0 radical (unpaired) electrons. The second-order valence-corrected chi connectivity index (χ2v) is 7.00. The molecule has 2 aromatic rings. The molecule has 0 atom stereocenters. The third-order valence-corrected chi connectivity index (χ3v) is 5.42. The highest BCUT2D eigenvalue weighted by Gasteiger charge is 2.35. The van der Waals surface area contributed by atoms with Crippen LogP contribution in [0.3, 0.4) is 0 Å². The summed E-state index contributed by atoms with van der Waals surface area (Å²) in [6.07, 6.45) is 7.77. The molecule has 0 aliphatic heterocycles. The van der Waals surface area contributed by atoms with Crippen LogP contribution in [0, 0.1) is 0 Å². The Morgan fingerprint density at radius 2 is 1.96 bits per heavy atom. The molecule has 1 aliphatic rings. The van der Waals surface area contributed by atoms with Crippen LogP contribution in [-0.4, -0.2) is 40.9 Å². The number of aromatic nitrogens is 3. The fourth-order valence-corrected chi connectivity index (χ4v) is 3.92. The topological polar surface area (TPSA) is 67.1 Å². The van der Waals surface area contributed by atoms with Crippen LogP contribution >= 0.6 is 0 Å². The van der Waals surface area contributed by atoms with E-state index in [-0.39, 0.29) is 5.41 Å². The first-order valence-corrected chi connectivity index (χ1v) is 9.64. The zero-order valence-electron chi connectivity index (χ0n) is 15.9. The molecule has 0 amide bonds. The average Bonchev–Trinajstić information content (AvgIpc) is 3.35. The Balaban J connectivity index is 1.54. The van der Waals surface area contributed by atoms with Crippen LogP contribution in [0.1, 0.15) is 44.0 Å². The van der Waals surface area contributed by atoms with Gasteiger partial charge in [-0.1, -0.05) is 50.1 Å². The molecule has 6 heteroatoms. The van der Waals surface area contributed by atoms with Crippen molar-refractivity contribution in [2.75, 3.05) is 20.1 Å². The molecule has 1 heterocycles. The molecule has 0 spiro atoms. The molecular weight excluding hydrogens is 324 g/mol. The number of hydrogen-bond donors (Lipinski definition) is 2. The number of rotatable bonds is 7. The van der Waals surface area contributed by atoms with E-state index >= 15 is 0 Å². The minimum atomic E-state index is 0.225. The Hall–Kier alpha value is -2.37. The van der Waals surface area contributed by atoms with E-state index in [1.54, 1.807) is 6.33 Å². The number of aliphatic imine (C=N–C) groups is 1. The van der Waals surface area contributed by atoms with Crippen molar-refractivity contribution >= 4 is 5.96 Å². The van der Waals surface area contributed by atoms with E-state index in [4.69, 9.17) is 0 Å². The summed E-state index contributed by atoms with van der Waals surface area (Å²) in [4.78, 5) is 4.39. The van der Waals surface area contributed by atoms with Gasteiger partial charge in [-0.05, 0) is 18.4 Å². The van der Waals surface area contributed by atoms with Crippen molar-refractivity contribution in [3.63, 3.8) is 0 Å². The molecule has 1 aromatic heterocycles. The maximum Gasteiger partial charge on any atom is 0.191 e. The van der Waals surface area contributed by atoms with E-state index < -0.39 is 0 Å². The lowest BCUT2D eigenvalue weighted by Crippen LogP contribution is -2.45. The molecule has 3 rings (SSSR count). The van der Waals surface area contributed by atoms with E-state index in [0.29, 0.717) is 0 Å². The predicted octanol–water partition coefficient (Wildman–Crippen LogP) is 2.52. The van der Waals surface area contributed by atoms with Crippen molar-refractivity contribution in [3.05, 3.63) is 48.0 Å². The smallest absolute Gasteiger partial charge is 0.191 e. The molecule has 0 bridgehead atoms. The van der Waals surface area contributed by atoms with Gasteiger partial charge in [0.15, 0.2) is 5.96 Å². The molecule has 2 N–H and O–H groups in total. The lowest BCUT2D eigenvalue weighted by Gasteiger charge is -2.30. The third kappa shape index (κ3) is 4.23. The summed E-state index contributed by atoms with van der Waals surface area (Å²) < 4.78 is 2.09. The average molecular weight is 355 g/mol. The lowest BCUT2D eigenvalue weighted by molar-refractivity contribution is 0.431. The van der Waals surface area contributed by atoms with Crippen molar-refractivity contribution in [2.24, 2.45) is 4.99 Å². The SMILES string of the molecule is CCc1nncn1CCNC(=NC)NCC1(c2ccccc2)CCCC1. The molecule has 0 saturated heterocycles. The highest BCUT2D eigenvalue weighted by atomic mass is 15.3. The van der Waals surface area contributed by atoms with Crippen molar-refractivity contribution in [1.82, 2.24) is 25.4 Å². The van der Waals surface area contributed by atoms with Crippen LogP contribution in [0.15, 0.2) is 41.7 Å². The summed E-state index contributed by atoms with van der Waals surface area (Å²) in [5.74, 6) is 1.88. The number of hydrogen-bond acceptors (Lipinski definition) is 3. The van der Waals surface area contributed by atoms with Crippen LogP contribution in [0.2, 0.25) is 0 Å². The lowest BCUT2D eigenvalue weighted by atomic mass is 9.79. The fourth-order valence-electron chi connectivity index (χ4n) is 3.92. The summed E-state index contributed by atoms with van der Waals surface area (Å²) in [6, 6.07) is 10.9. The van der Waals surface area contributed by atoms with Gasteiger partial charge in [0.05, 0.1) is 0 Å². The third-order valence-electron chi connectivity index (χ3n) is 5.42. The van der Waals surface area contributed by atoms with Crippen LogP contribution in [0.4, 0.5) is 0 Å². The van der Waals surface area contributed by atoms with Crippen LogP contribution in [0.5, 0.6) is 0 Å². The van der Waals surface area contributed by atoms with Gasteiger partial charge in [0.25, 0.3) is 0 Å². The predicted molar refractivity (Wildman–Crippen MR) is 105 cm³/mol. The van der Waals surface area contributed by atoms with Crippen molar-refractivity contribution in [1.29, 1.82) is 0 Å². The van der Waals surface area contributed by atoms with Crippen molar-refractivity contribution in [2.45, 2.75) is 51.0 Å². The van der Waals surface area contributed by atoms with E-state index in [9.17, 15) is 0 Å². The molecule has 26 heavy (non-hydrogen) atoms. The summed E-state index contributed by atoms with van der Waals surface area (Å²) in [5, 5.41) is 15.1. The molecule has 140 valence electrons. The standard InChI is InChI=1S/C20H30N6/c1-3-18-25-24-16-26(18)14-13-22-19(21-2)23-15-20(11-7-8-12-20)17-9-5-4-6-10-17/h4-6,9-10,16H,3,7-8,11-15H2,1-2H3,(H2,21,22,23). The number of nitrogens with zero attached hydrogens (tertiary/aromatic N) is 4. The number of benzene rings is 1. The quantitative estimate of drug-likeness (QED) is 0.592. The normalized spacial score (nSPS) is 16.6. The zero-order valence-corrected chi connectivity index (χ0v) is 15.9. The molecule has 1 saturated carbocycles. The van der Waals surface area contributed by atoms with Gasteiger partial charge in [-0.3, -0.25) is 4.99 Å². The largest absolute Gasteiger partial charge is 0.356 e. The monoisotopic (exact) mass is 354 g/mol. The Kier molecular flexibility index (Phi) is 6.26. The molecule has 6 nitrogen and oxygen atoms in total. The van der Waals surface area contributed by atoms with Gasteiger partial charge in [-0.2, -0.15) is 0 Å². The molecule has 1 aliphatic carbocycles. The summed E-state index contributed by atoms with van der Waals surface area (Å²) >= 11 is 0. The van der Waals surface area contributed by atoms with Crippen molar-refractivity contribution < 1.29 is 0 Å². The second kappa shape index (κ2) is 8.83. The molecular formula is C20H30N6. The van der Waals surface area contributed by atoms with Gasteiger partial charge in [0, 0.05) is 38.5 Å². The minimum absolute atomic E-state index is 0.225. The van der Waals surface area contributed by atoms with Gasteiger partial charge in [-0.15, -0.1) is 10.2 Å². The second-order valence-electron chi connectivity index (χ2n) is 7.00.